The lowest BCUT2D eigenvalue weighted by Crippen LogP contribution is -2.33. The molecule has 1 aromatic carbocycles. The normalized spacial score (nSPS) is 14.4. The molecule has 0 spiro atoms. The van der Waals surface area contributed by atoms with Crippen molar-refractivity contribution in [2.45, 2.75) is 18.9 Å². The first-order chi connectivity index (χ1) is 8.13. The van der Waals surface area contributed by atoms with Crippen molar-refractivity contribution in [3.63, 3.8) is 0 Å². The molecule has 1 saturated carbocycles. The molecule has 0 saturated heterocycles. The molecule has 1 fully saturated rings. The van der Waals surface area contributed by atoms with Crippen LogP contribution in [0.3, 0.4) is 0 Å². The molecule has 0 atom stereocenters. The first-order valence-electron chi connectivity index (χ1n) is 5.54. The number of hydrogen-bond acceptors (Lipinski definition) is 2. The lowest BCUT2D eigenvalue weighted by atomic mass is 10.1. The smallest absolute Gasteiger partial charge is 0.258 e. The summed E-state index contributed by atoms with van der Waals surface area (Å²) in [6, 6.07) is 3.66. The Morgan fingerprint density at radius 2 is 2.29 bits per heavy atom. The Hall–Kier alpha value is -1.84. The number of phenols is 1. The number of benzene rings is 1. The molecule has 4 heteroatoms. The minimum absolute atomic E-state index is 0.139. The molecule has 0 radical (unpaired) electrons. The van der Waals surface area contributed by atoms with E-state index in [0.29, 0.717) is 6.54 Å². The van der Waals surface area contributed by atoms with Gasteiger partial charge in [-0.2, -0.15) is 0 Å². The second kappa shape index (κ2) is 4.57. The van der Waals surface area contributed by atoms with Crippen LogP contribution in [-0.4, -0.2) is 28.5 Å². The topological polar surface area (TPSA) is 40.5 Å². The van der Waals surface area contributed by atoms with Crippen LogP contribution in [-0.2, 0) is 0 Å². The zero-order valence-corrected chi connectivity index (χ0v) is 9.40. The van der Waals surface area contributed by atoms with Gasteiger partial charge in [0.05, 0.1) is 5.56 Å². The van der Waals surface area contributed by atoms with Gasteiger partial charge in [0.15, 0.2) is 0 Å². The van der Waals surface area contributed by atoms with Crippen LogP contribution in [0.25, 0.3) is 0 Å². The highest BCUT2D eigenvalue weighted by Gasteiger charge is 2.33. The highest BCUT2D eigenvalue weighted by atomic mass is 19.1. The van der Waals surface area contributed by atoms with Gasteiger partial charge in [-0.1, -0.05) is 6.08 Å². The molecule has 1 aromatic rings. The number of rotatable bonds is 4. The van der Waals surface area contributed by atoms with Gasteiger partial charge in [-0.15, -0.1) is 6.58 Å². The third-order valence-corrected chi connectivity index (χ3v) is 2.76. The zero-order chi connectivity index (χ0) is 12.4. The van der Waals surface area contributed by atoms with Crippen molar-refractivity contribution in [1.82, 2.24) is 4.90 Å². The number of carbonyl (C=O) groups is 1. The average Bonchev–Trinajstić information content (AvgIpc) is 3.09. The first kappa shape index (κ1) is 11.6. The molecule has 90 valence electrons. The van der Waals surface area contributed by atoms with Crippen LogP contribution in [0.15, 0.2) is 30.9 Å². The summed E-state index contributed by atoms with van der Waals surface area (Å²) in [6.07, 6.45) is 3.60. The van der Waals surface area contributed by atoms with Gasteiger partial charge >= 0.3 is 0 Å². The van der Waals surface area contributed by atoms with E-state index in [4.69, 9.17) is 0 Å². The first-order valence-corrected chi connectivity index (χ1v) is 5.54. The third kappa shape index (κ3) is 2.46. The van der Waals surface area contributed by atoms with Gasteiger partial charge < -0.3 is 10.0 Å². The summed E-state index contributed by atoms with van der Waals surface area (Å²) in [5.74, 6) is -1.14. The molecule has 0 aliphatic heterocycles. The lowest BCUT2D eigenvalue weighted by molar-refractivity contribution is 0.0759. The van der Waals surface area contributed by atoms with E-state index in [9.17, 15) is 14.3 Å². The number of amides is 1. The zero-order valence-electron chi connectivity index (χ0n) is 9.40. The number of phenolic OH excluding ortho intramolecular Hbond substituents is 1. The van der Waals surface area contributed by atoms with Gasteiger partial charge in [-0.3, -0.25) is 4.79 Å². The molecular formula is C13H14FNO2. The minimum atomic E-state index is -0.555. The van der Waals surface area contributed by atoms with Crippen molar-refractivity contribution >= 4 is 5.91 Å². The monoisotopic (exact) mass is 235 g/mol. The number of hydrogen-bond donors (Lipinski definition) is 1. The second-order valence-corrected chi connectivity index (χ2v) is 4.14. The Balaban J connectivity index is 2.24. The van der Waals surface area contributed by atoms with Gasteiger partial charge in [-0.25, -0.2) is 4.39 Å². The molecular weight excluding hydrogens is 221 g/mol. The van der Waals surface area contributed by atoms with Crippen molar-refractivity contribution in [2.24, 2.45) is 0 Å². The molecule has 1 amide bonds. The Bertz CT molecular complexity index is 455. The van der Waals surface area contributed by atoms with Crippen molar-refractivity contribution < 1.29 is 14.3 Å². The number of carbonyl (C=O) groups excluding carboxylic acids is 1. The fourth-order valence-corrected chi connectivity index (χ4v) is 1.76. The van der Waals surface area contributed by atoms with Gasteiger partial charge in [0.2, 0.25) is 0 Å². The van der Waals surface area contributed by atoms with E-state index < -0.39 is 5.82 Å². The van der Waals surface area contributed by atoms with Crippen LogP contribution >= 0.6 is 0 Å². The van der Waals surface area contributed by atoms with E-state index >= 15 is 0 Å². The summed E-state index contributed by atoms with van der Waals surface area (Å²) >= 11 is 0. The minimum Gasteiger partial charge on any atom is -0.507 e. The summed E-state index contributed by atoms with van der Waals surface area (Å²) in [5.41, 5.74) is 0.139. The Morgan fingerprint density at radius 3 is 2.82 bits per heavy atom. The Kier molecular flexibility index (Phi) is 3.13. The largest absolute Gasteiger partial charge is 0.507 e. The maximum absolute atomic E-state index is 12.8. The van der Waals surface area contributed by atoms with Gasteiger partial charge in [0, 0.05) is 18.7 Å². The maximum Gasteiger partial charge on any atom is 0.258 e. The fraction of sp³-hybridized carbons (Fsp3) is 0.308. The van der Waals surface area contributed by atoms with Crippen molar-refractivity contribution in [3.8, 4) is 5.75 Å². The van der Waals surface area contributed by atoms with E-state index in [-0.39, 0.29) is 23.3 Å². The predicted octanol–water partition coefficient (Wildman–Crippen LogP) is 2.32. The highest BCUT2D eigenvalue weighted by molar-refractivity contribution is 5.97. The number of nitrogens with zero attached hydrogens (tertiary/aromatic N) is 1. The van der Waals surface area contributed by atoms with E-state index in [0.717, 1.165) is 18.9 Å². The fourth-order valence-electron chi connectivity index (χ4n) is 1.76. The highest BCUT2D eigenvalue weighted by Crippen LogP contribution is 2.30. The van der Waals surface area contributed by atoms with E-state index in [1.54, 1.807) is 11.0 Å². The van der Waals surface area contributed by atoms with Crippen LogP contribution < -0.4 is 0 Å². The summed E-state index contributed by atoms with van der Waals surface area (Å²) < 4.78 is 12.8. The molecule has 0 unspecified atom stereocenters. The van der Waals surface area contributed by atoms with Gasteiger partial charge in [0.25, 0.3) is 5.91 Å². The molecule has 17 heavy (non-hydrogen) atoms. The van der Waals surface area contributed by atoms with Crippen molar-refractivity contribution in [3.05, 3.63) is 42.2 Å². The van der Waals surface area contributed by atoms with Crippen LogP contribution in [0.2, 0.25) is 0 Å². The van der Waals surface area contributed by atoms with Crippen LogP contribution in [0.5, 0.6) is 5.75 Å². The number of aromatic hydroxyl groups is 1. The standard InChI is InChI=1S/C13H14FNO2/c1-2-7-15(10-4-5-10)13(17)11-6-3-9(14)8-12(11)16/h2-3,6,8,10,16H,1,4-5,7H2. The summed E-state index contributed by atoms with van der Waals surface area (Å²) in [5, 5.41) is 9.57. The predicted molar refractivity (Wildman–Crippen MR) is 62.3 cm³/mol. The van der Waals surface area contributed by atoms with Crippen LogP contribution in [0, 0.1) is 5.82 Å². The molecule has 1 aliphatic rings. The quantitative estimate of drug-likeness (QED) is 0.814. The molecule has 0 bridgehead atoms. The van der Waals surface area contributed by atoms with E-state index in [1.165, 1.54) is 12.1 Å². The second-order valence-electron chi connectivity index (χ2n) is 4.14. The van der Waals surface area contributed by atoms with Gasteiger partial charge in [0.1, 0.15) is 11.6 Å². The third-order valence-electron chi connectivity index (χ3n) is 2.76. The molecule has 2 rings (SSSR count). The molecule has 1 N–H and O–H groups in total. The summed E-state index contributed by atoms with van der Waals surface area (Å²) in [4.78, 5) is 13.8. The van der Waals surface area contributed by atoms with E-state index in [1.807, 2.05) is 0 Å². The van der Waals surface area contributed by atoms with Crippen molar-refractivity contribution in [2.75, 3.05) is 6.54 Å². The molecule has 3 nitrogen and oxygen atoms in total. The lowest BCUT2D eigenvalue weighted by Gasteiger charge is -2.21. The summed E-state index contributed by atoms with van der Waals surface area (Å²) in [6.45, 7) is 4.05. The van der Waals surface area contributed by atoms with Crippen LogP contribution in [0.1, 0.15) is 23.2 Å². The number of halogens is 1. The molecule has 0 heterocycles. The van der Waals surface area contributed by atoms with Crippen molar-refractivity contribution in [1.29, 1.82) is 0 Å². The molecule has 1 aliphatic carbocycles. The Morgan fingerprint density at radius 1 is 1.59 bits per heavy atom. The average molecular weight is 235 g/mol. The SMILES string of the molecule is C=CCN(C(=O)c1ccc(F)cc1O)C1CC1. The van der Waals surface area contributed by atoms with Crippen LogP contribution in [0.4, 0.5) is 4.39 Å². The maximum atomic E-state index is 12.8. The Labute approximate surface area is 99.2 Å². The summed E-state index contributed by atoms with van der Waals surface area (Å²) in [7, 11) is 0. The van der Waals surface area contributed by atoms with Gasteiger partial charge in [-0.05, 0) is 25.0 Å². The van der Waals surface area contributed by atoms with E-state index in [2.05, 4.69) is 6.58 Å². The molecule has 0 aromatic heterocycles.